The molecule has 128 valence electrons. The molecule has 0 saturated heterocycles. The van der Waals surface area contributed by atoms with E-state index in [-0.39, 0.29) is 23.3 Å². The second-order valence-corrected chi connectivity index (χ2v) is 7.63. The summed E-state index contributed by atoms with van der Waals surface area (Å²) in [5.74, 6) is -0.154. The van der Waals surface area contributed by atoms with Crippen LogP contribution in [-0.4, -0.2) is 17.9 Å². The van der Waals surface area contributed by atoms with Crippen molar-refractivity contribution in [1.82, 2.24) is 10.6 Å². The highest BCUT2D eigenvalue weighted by Gasteiger charge is 2.29. The third kappa shape index (κ3) is 4.45. The minimum Gasteiger partial charge on any atom is -0.351 e. The van der Waals surface area contributed by atoms with Crippen LogP contribution >= 0.6 is 11.3 Å². The molecule has 0 bridgehead atoms. The van der Waals surface area contributed by atoms with Gasteiger partial charge in [-0.2, -0.15) is 0 Å². The van der Waals surface area contributed by atoms with Crippen LogP contribution in [0, 0.1) is 0 Å². The van der Waals surface area contributed by atoms with E-state index in [1.54, 1.807) is 6.07 Å². The van der Waals surface area contributed by atoms with Crippen LogP contribution in [0.2, 0.25) is 0 Å². The zero-order chi connectivity index (χ0) is 17.7. The van der Waals surface area contributed by atoms with Crippen LogP contribution in [0.4, 0.5) is 0 Å². The van der Waals surface area contributed by atoms with Crippen LogP contribution in [0.1, 0.15) is 47.8 Å². The van der Waals surface area contributed by atoms with E-state index in [1.807, 2.05) is 31.2 Å². The predicted molar refractivity (Wildman–Crippen MR) is 98.2 cm³/mol. The molecule has 1 heterocycles. The lowest BCUT2D eigenvalue weighted by Gasteiger charge is -2.33. The van der Waals surface area contributed by atoms with Crippen LogP contribution in [0.3, 0.4) is 0 Å². The van der Waals surface area contributed by atoms with Crippen LogP contribution in [0.5, 0.6) is 0 Å². The Hall–Kier alpha value is -2.14. The third-order valence-electron chi connectivity index (χ3n) is 4.34. The van der Waals surface area contributed by atoms with Crippen molar-refractivity contribution in [3.63, 3.8) is 0 Å². The molecule has 1 aromatic carbocycles. The highest BCUT2D eigenvalue weighted by atomic mass is 32.1. The third-order valence-corrected chi connectivity index (χ3v) is 5.43. The molecular formula is C19H24N2O2S. The van der Waals surface area contributed by atoms with Gasteiger partial charge in [0.25, 0.3) is 5.91 Å². The molecule has 0 fully saturated rings. The highest BCUT2D eigenvalue weighted by molar-refractivity contribution is 7.14. The summed E-state index contributed by atoms with van der Waals surface area (Å²) >= 11 is 1.40. The molecule has 0 saturated carbocycles. The average Bonchev–Trinajstić information content (AvgIpc) is 3.02. The van der Waals surface area contributed by atoms with Crippen molar-refractivity contribution in [2.24, 2.45) is 0 Å². The number of hydrogen-bond donors (Lipinski definition) is 2. The second-order valence-electron chi connectivity index (χ2n) is 6.46. The summed E-state index contributed by atoms with van der Waals surface area (Å²) in [5.41, 5.74) is 1.02. The van der Waals surface area contributed by atoms with E-state index in [2.05, 4.69) is 36.6 Å². The van der Waals surface area contributed by atoms with E-state index in [0.717, 1.165) is 4.88 Å². The number of hydrogen-bond acceptors (Lipinski definition) is 3. The van der Waals surface area contributed by atoms with Crippen molar-refractivity contribution in [2.75, 3.05) is 0 Å². The lowest BCUT2D eigenvalue weighted by Crippen LogP contribution is -2.45. The van der Waals surface area contributed by atoms with Gasteiger partial charge in [0.2, 0.25) is 5.91 Å². The van der Waals surface area contributed by atoms with Gasteiger partial charge in [-0.15, -0.1) is 11.3 Å². The van der Waals surface area contributed by atoms with Gasteiger partial charge in [-0.25, -0.2) is 0 Å². The number of amides is 2. The van der Waals surface area contributed by atoms with Gasteiger partial charge in [0, 0.05) is 23.3 Å². The Balaban J connectivity index is 2.02. The second kappa shape index (κ2) is 7.62. The zero-order valence-corrected chi connectivity index (χ0v) is 15.4. The van der Waals surface area contributed by atoms with Gasteiger partial charge in [-0.3, -0.25) is 9.59 Å². The zero-order valence-electron chi connectivity index (χ0n) is 14.6. The molecule has 2 aromatic rings. The highest BCUT2D eigenvalue weighted by Crippen LogP contribution is 2.27. The standard InChI is InChI=1S/C19H24N2O2S/c1-13(19(3,4)15-8-6-5-7-9-15)21-18(23)17-11-10-16(24-17)12-20-14(2)22/h5-11,13H,12H2,1-4H3,(H,20,22)(H,21,23)/t13-/m1/s1. The molecular weight excluding hydrogens is 320 g/mol. The van der Waals surface area contributed by atoms with Gasteiger partial charge < -0.3 is 10.6 Å². The van der Waals surface area contributed by atoms with E-state index >= 15 is 0 Å². The minimum atomic E-state index is -0.173. The molecule has 0 radical (unpaired) electrons. The smallest absolute Gasteiger partial charge is 0.261 e. The minimum absolute atomic E-state index is 0.0201. The normalized spacial score (nSPS) is 12.5. The molecule has 1 aromatic heterocycles. The van der Waals surface area contributed by atoms with Gasteiger partial charge in [-0.1, -0.05) is 44.2 Å². The maximum atomic E-state index is 12.5. The lowest BCUT2D eigenvalue weighted by atomic mass is 9.78. The van der Waals surface area contributed by atoms with Crippen LogP contribution in [0.25, 0.3) is 0 Å². The Morgan fingerprint density at radius 1 is 1.12 bits per heavy atom. The SMILES string of the molecule is CC(=O)NCc1ccc(C(=O)N[C@H](C)C(C)(C)c2ccccc2)s1. The Kier molecular flexibility index (Phi) is 5.78. The largest absolute Gasteiger partial charge is 0.351 e. The van der Waals surface area contributed by atoms with Crippen molar-refractivity contribution in [2.45, 2.75) is 45.7 Å². The van der Waals surface area contributed by atoms with E-state index in [9.17, 15) is 9.59 Å². The van der Waals surface area contributed by atoms with Crippen LogP contribution in [-0.2, 0) is 16.8 Å². The van der Waals surface area contributed by atoms with Gasteiger partial charge in [0.1, 0.15) is 0 Å². The Morgan fingerprint density at radius 2 is 1.79 bits per heavy atom. The molecule has 2 N–H and O–H groups in total. The first-order valence-electron chi connectivity index (χ1n) is 8.00. The van der Waals surface area contributed by atoms with Crippen molar-refractivity contribution in [3.05, 3.63) is 57.8 Å². The van der Waals surface area contributed by atoms with Crippen LogP contribution < -0.4 is 10.6 Å². The molecule has 0 aliphatic carbocycles. The number of benzene rings is 1. The fourth-order valence-corrected chi connectivity index (χ4v) is 3.22. The van der Waals surface area contributed by atoms with Crippen molar-refractivity contribution in [3.8, 4) is 0 Å². The summed E-state index contributed by atoms with van der Waals surface area (Å²) in [7, 11) is 0. The van der Waals surface area contributed by atoms with E-state index in [1.165, 1.54) is 23.8 Å². The van der Waals surface area contributed by atoms with E-state index in [0.29, 0.717) is 11.4 Å². The quantitative estimate of drug-likeness (QED) is 0.843. The first-order chi connectivity index (χ1) is 11.3. The molecule has 0 unspecified atom stereocenters. The topological polar surface area (TPSA) is 58.2 Å². The van der Waals surface area contributed by atoms with Crippen LogP contribution in [0.15, 0.2) is 42.5 Å². The van der Waals surface area contributed by atoms with Gasteiger partial charge >= 0.3 is 0 Å². The van der Waals surface area contributed by atoms with Crippen molar-refractivity contribution < 1.29 is 9.59 Å². The summed E-state index contributed by atoms with van der Waals surface area (Å²) in [6, 6.07) is 13.8. The van der Waals surface area contributed by atoms with Gasteiger partial charge in [0.05, 0.1) is 11.4 Å². The number of carbonyl (C=O) groups excluding carboxylic acids is 2. The summed E-state index contributed by atoms with van der Waals surface area (Å²) in [4.78, 5) is 25.1. The predicted octanol–water partition coefficient (Wildman–Crippen LogP) is 3.48. The Morgan fingerprint density at radius 3 is 2.42 bits per heavy atom. The first kappa shape index (κ1) is 18.2. The number of thiophene rings is 1. The van der Waals surface area contributed by atoms with Crippen molar-refractivity contribution in [1.29, 1.82) is 0 Å². The lowest BCUT2D eigenvalue weighted by molar-refractivity contribution is -0.119. The molecule has 0 aliphatic heterocycles. The van der Waals surface area contributed by atoms with Crippen molar-refractivity contribution >= 4 is 23.2 Å². The Bertz CT molecular complexity index is 707. The number of nitrogens with one attached hydrogen (secondary N) is 2. The molecule has 5 heteroatoms. The Labute approximate surface area is 147 Å². The molecule has 0 spiro atoms. The average molecular weight is 344 g/mol. The number of rotatable bonds is 6. The van der Waals surface area contributed by atoms with E-state index < -0.39 is 0 Å². The summed E-state index contributed by atoms with van der Waals surface area (Å²) in [6.45, 7) is 8.22. The maximum Gasteiger partial charge on any atom is 0.261 e. The monoisotopic (exact) mass is 344 g/mol. The van der Waals surface area contributed by atoms with Gasteiger partial charge in [0.15, 0.2) is 0 Å². The van der Waals surface area contributed by atoms with Gasteiger partial charge in [-0.05, 0) is 24.6 Å². The molecule has 2 rings (SSSR count). The summed E-state index contributed by atoms with van der Waals surface area (Å²) in [5, 5.41) is 5.84. The summed E-state index contributed by atoms with van der Waals surface area (Å²) < 4.78 is 0. The number of carbonyl (C=O) groups is 2. The fraction of sp³-hybridized carbons (Fsp3) is 0.368. The molecule has 2 amide bonds. The first-order valence-corrected chi connectivity index (χ1v) is 8.82. The molecule has 24 heavy (non-hydrogen) atoms. The molecule has 4 nitrogen and oxygen atoms in total. The molecule has 0 aliphatic rings. The maximum absolute atomic E-state index is 12.5. The van der Waals surface area contributed by atoms with E-state index in [4.69, 9.17) is 0 Å². The molecule has 1 atom stereocenters. The summed E-state index contributed by atoms with van der Waals surface area (Å²) in [6.07, 6.45) is 0. The fourth-order valence-electron chi connectivity index (χ4n) is 2.37.